The fourth-order valence-electron chi connectivity index (χ4n) is 5.81. The quantitative estimate of drug-likeness (QED) is 0.181. The van der Waals surface area contributed by atoms with Gasteiger partial charge in [-0.05, 0) is 29.3 Å². The van der Waals surface area contributed by atoms with Crippen LogP contribution in [0, 0.1) is 11.8 Å². The number of H-pyrrole nitrogens is 1. The maximum atomic E-state index is 13.0. The Morgan fingerprint density at radius 3 is 2.23 bits per heavy atom. The van der Waals surface area contributed by atoms with Gasteiger partial charge in [0.1, 0.15) is 17.9 Å². The summed E-state index contributed by atoms with van der Waals surface area (Å²) in [6.07, 6.45) is -6.45. The number of aromatic amines is 1. The van der Waals surface area contributed by atoms with Gasteiger partial charge in [-0.25, -0.2) is 4.79 Å². The first-order valence-electron chi connectivity index (χ1n) is 15.5. The van der Waals surface area contributed by atoms with Gasteiger partial charge in [-0.2, -0.15) is 13.2 Å². The molecule has 1 aliphatic rings. The predicted octanol–water partition coefficient (Wildman–Crippen LogP) is 3.20. The van der Waals surface area contributed by atoms with Crippen LogP contribution in [0.15, 0.2) is 76.4 Å². The smallest absolute Gasteiger partial charge is 0.405 e. The van der Waals surface area contributed by atoms with Gasteiger partial charge in [-0.15, -0.1) is 0 Å². The second kappa shape index (κ2) is 15.5. The average Bonchev–Trinajstić information content (AvgIpc) is 3.42. The van der Waals surface area contributed by atoms with E-state index in [4.69, 9.17) is 18.6 Å². The number of carbonyl (C=O) groups excluding carboxylic acids is 1. The second-order valence-corrected chi connectivity index (χ2v) is 16.5. The Kier molecular flexibility index (Phi) is 11.9. The summed E-state index contributed by atoms with van der Waals surface area (Å²) >= 11 is 0. The number of nitrogens with one attached hydrogen (secondary N) is 2. The molecule has 48 heavy (non-hydrogen) atoms. The number of carbonyl (C=O) groups is 1. The summed E-state index contributed by atoms with van der Waals surface area (Å²) in [6.45, 7) is 9.91. The van der Waals surface area contributed by atoms with Crippen LogP contribution in [0.4, 0.5) is 13.2 Å². The van der Waals surface area contributed by atoms with Crippen LogP contribution in [0.1, 0.15) is 52.8 Å². The van der Waals surface area contributed by atoms with Crippen molar-refractivity contribution >= 4 is 24.6 Å². The molecule has 0 aliphatic carbocycles. The molecule has 1 fully saturated rings. The van der Waals surface area contributed by atoms with E-state index >= 15 is 0 Å². The van der Waals surface area contributed by atoms with Gasteiger partial charge in [0.05, 0.1) is 19.3 Å². The lowest BCUT2D eigenvalue weighted by molar-refractivity contribution is -0.173. The van der Waals surface area contributed by atoms with Crippen LogP contribution in [-0.4, -0.2) is 68.2 Å². The topological polar surface area (TPSA) is 121 Å². The third kappa shape index (κ3) is 8.52. The molecule has 1 aromatic heterocycles. The molecule has 0 spiro atoms. The number of hydrogen-bond donors (Lipinski definition) is 2. The van der Waals surface area contributed by atoms with Gasteiger partial charge in [-0.1, -0.05) is 93.3 Å². The van der Waals surface area contributed by atoms with Crippen LogP contribution in [0.3, 0.4) is 0 Å². The standard InChI is InChI=1S/C34H40F3N3O7Si/c1-6-44-23(2)46-27-20-29(40-21-24(30(41)39-32(40)43)14-13-19-38-31(42)34(35,36)37)47-28(27)22-45-48(33(3,4)5,25-15-9-7-10-16-25)26-17-11-8-12-18-26/h7-12,15-18,21,23,27-29H,6,19-20,22H2,1-5H3,(H,38,42)(H,39,41,43)/t23-,27?,28-,29-/m1/s1. The van der Waals surface area contributed by atoms with E-state index in [2.05, 4.69) is 61.9 Å². The van der Waals surface area contributed by atoms with Crippen LogP contribution in [0.25, 0.3) is 0 Å². The minimum absolute atomic E-state index is 0.108. The number of halogens is 3. The lowest BCUT2D eigenvalue weighted by Crippen LogP contribution is -2.67. The summed E-state index contributed by atoms with van der Waals surface area (Å²) in [5.41, 5.74) is -1.81. The molecule has 4 rings (SSSR count). The Bertz CT molecular complexity index is 1670. The highest BCUT2D eigenvalue weighted by atomic mass is 28.4. The maximum absolute atomic E-state index is 13.0. The summed E-state index contributed by atoms with van der Waals surface area (Å²) in [5, 5.41) is 3.45. The van der Waals surface area contributed by atoms with Crippen molar-refractivity contribution in [3.63, 3.8) is 0 Å². The molecule has 14 heteroatoms. The third-order valence-corrected chi connectivity index (χ3v) is 12.9. The maximum Gasteiger partial charge on any atom is 0.471 e. The first-order valence-corrected chi connectivity index (χ1v) is 17.4. The Hall–Kier alpha value is -4.00. The molecule has 2 N–H and O–H groups in total. The normalized spacial score (nSPS) is 19.0. The second-order valence-electron chi connectivity index (χ2n) is 12.2. The van der Waals surface area contributed by atoms with Gasteiger partial charge in [0, 0.05) is 19.2 Å². The van der Waals surface area contributed by atoms with Crippen molar-refractivity contribution in [3.8, 4) is 11.8 Å². The summed E-state index contributed by atoms with van der Waals surface area (Å²) in [7, 11) is -2.97. The number of hydrogen-bond acceptors (Lipinski definition) is 7. The summed E-state index contributed by atoms with van der Waals surface area (Å²) < 4.78 is 64.0. The number of rotatable bonds is 11. The van der Waals surface area contributed by atoms with E-state index in [1.54, 1.807) is 12.2 Å². The SMILES string of the molecule is CCO[C@@H](C)OC1C[C@H](n2cc(C#CCNC(=O)C(F)(F)F)c(=O)[nH]c2=O)O[C@@H]1CO[Si](c1ccccc1)(c1ccccc1)C(C)(C)C. The largest absolute Gasteiger partial charge is 0.471 e. The van der Waals surface area contributed by atoms with E-state index in [9.17, 15) is 27.6 Å². The lowest BCUT2D eigenvalue weighted by atomic mass is 10.2. The average molecular weight is 688 g/mol. The monoisotopic (exact) mass is 687 g/mol. The molecule has 1 aliphatic heterocycles. The van der Waals surface area contributed by atoms with Crippen molar-refractivity contribution in [2.45, 2.75) is 77.0 Å². The molecule has 0 radical (unpaired) electrons. The van der Waals surface area contributed by atoms with Crippen LogP contribution >= 0.6 is 0 Å². The molecule has 1 saturated heterocycles. The fourth-order valence-corrected chi connectivity index (χ4v) is 10.4. The molecule has 2 aromatic carbocycles. The van der Waals surface area contributed by atoms with Crippen LogP contribution in [0.5, 0.6) is 0 Å². The van der Waals surface area contributed by atoms with Gasteiger partial charge in [0.25, 0.3) is 13.9 Å². The van der Waals surface area contributed by atoms with E-state index in [-0.39, 0.29) is 23.6 Å². The molecule has 0 bridgehead atoms. The van der Waals surface area contributed by atoms with Crippen molar-refractivity contribution in [3.05, 3.63) is 93.3 Å². The van der Waals surface area contributed by atoms with E-state index < -0.39 is 62.9 Å². The first kappa shape index (κ1) is 36.8. The minimum Gasteiger partial charge on any atom is -0.405 e. The zero-order valence-electron chi connectivity index (χ0n) is 27.4. The highest BCUT2D eigenvalue weighted by molar-refractivity contribution is 6.99. The van der Waals surface area contributed by atoms with Crippen LogP contribution in [0.2, 0.25) is 5.04 Å². The van der Waals surface area contributed by atoms with Crippen LogP contribution < -0.4 is 26.9 Å². The van der Waals surface area contributed by atoms with E-state index in [1.165, 1.54) is 6.20 Å². The number of nitrogens with zero attached hydrogens (tertiary/aromatic N) is 1. The highest BCUT2D eigenvalue weighted by Crippen LogP contribution is 2.38. The number of alkyl halides is 3. The Morgan fingerprint density at radius 1 is 1.08 bits per heavy atom. The Morgan fingerprint density at radius 2 is 1.69 bits per heavy atom. The fraction of sp³-hybridized carbons (Fsp3) is 0.441. The minimum atomic E-state index is -5.07. The Balaban J connectivity index is 1.66. The summed E-state index contributed by atoms with van der Waals surface area (Å²) in [5.74, 6) is 2.57. The number of amides is 1. The molecule has 1 unspecified atom stereocenters. The van der Waals surface area contributed by atoms with Crippen molar-refractivity contribution in [2.24, 2.45) is 0 Å². The molecule has 10 nitrogen and oxygen atoms in total. The number of benzene rings is 2. The molecule has 258 valence electrons. The molecule has 1 amide bonds. The van der Waals surface area contributed by atoms with Gasteiger partial charge in [0.15, 0.2) is 6.29 Å². The van der Waals surface area contributed by atoms with E-state index in [0.29, 0.717) is 6.61 Å². The Labute approximate surface area is 277 Å². The van der Waals surface area contributed by atoms with Gasteiger partial charge in [0.2, 0.25) is 0 Å². The molecule has 3 aromatic rings. The molecule has 2 heterocycles. The van der Waals surface area contributed by atoms with Crippen LogP contribution in [-0.2, 0) is 23.4 Å². The van der Waals surface area contributed by atoms with Crippen molar-refractivity contribution in [2.75, 3.05) is 19.8 Å². The predicted molar refractivity (Wildman–Crippen MR) is 175 cm³/mol. The zero-order chi connectivity index (χ0) is 35.1. The van der Waals surface area contributed by atoms with Crippen molar-refractivity contribution in [1.29, 1.82) is 0 Å². The van der Waals surface area contributed by atoms with Crippen molar-refractivity contribution < 1.29 is 36.6 Å². The first-order chi connectivity index (χ1) is 22.7. The summed E-state index contributed by atoms with van der Waals surface area (Å²) in [4.78, 5) is 38.7. The zero-order valence-corrected chi connectivity index (χ0v) is 28.4. The molecule has 4 atom stereocenters. The molecule has 0 saturated carbocycles. The van der Waals surface area contributed by atoms with Gasteiger partial charge in [-0.3, -0.25) is 19.1 Å². The van der Waals surface area contributed by atoms with Gasteiger partial charge >= 0.3 is 17.8 Å². The third-order valence-electron chi connectivity index (χ3n) is 7.93. The van der Waals surface area contributed by atoms with Crippen molar-refractivity contribution in [1.82, 2.24) is 14.9 Å². The number of ether oxygens (including phenoxy) is 3. The molecular weight excluding hydrogens is 647 g/mol. The number of aromatic nitrogens is 2. The van der Waals surface area contributed by atoms with E-state index in [1.807, 2.05) is 43.3 Å². The van der Waals surface area contributed by atoms with E-state index in [0.717, 1.165) is 14.9 Å². The lowest BCUT2D eigenvalue weighted by Gasteiger charge is -2.43. The molecular formula is C34H40F3N3O7Si. The van der Waals surface area contributed by atoms with Gasteiger partial charge < -0.3 is 24.0 Å². The summed E-state index contributed by atoms with van der Waals surface area (Å²) in [6, 6.07) is 20.2. The highest BCUT2D eigenvalue weighted by Gasteiger charge is 2.51.